The highest BCUT2D eigenvalue weighted by molar-refractivity contribution is 5.31. The fourth-order valence-corrected chi connectivity index (χ4v) is 1.83. The number of hydrogen-bond donors (Lipinski definition) is 2. The van der Waals surface area contributed by atoms with Gasteiger partial charge in [0.1, 0.15) is 12.2 Å². The van der Waals surface area contributed by atoms with Crippen LogP contribution in [0.2, 0.25) is 0 Å². The van der Waals surface area contributed by atoms with Crippen molar-refractivity contribution in [2.24, 2.45) is 0 Å². The minimum absolute atomic E-state index is 0.435. The van der Waals surface area contributed by atoms with Gasteiger partial charge in [0, 0.05) is 0 Å². The lowest BCUT2D eigenvalue weighted by atomic mass is 10.0. The average molecular weight is 270 g/mol. The molecule has 2 N–H and O–H groups in total. The van der Waals surface area contributed by atoms with Crippen LogP contribution < -0.4 is 5.32 Å². The fraction of sp³-hybridized carbons (Fsp3) is 0.333. The van der Waals surface area contributed by atoms with E-state index >= 15 is 0 Å². The standard InChI is InChI=1S/C12H13F3N4/c1-2-16-10(11-17-7-18-19-11)8-4-3-5-9(6-8)12(13,14)15/h3-7,10,16H,2H2,1H3,(H,17,18,19). The second-order valence-corrected chi connectivity index (χ2v) is 3.98. The van der Waals surface area contributed by atoms with Crippen LogP contribution in [0.3, 0.4) is 0 Å². The third kappa shape index (κ3) is 3.11. The van der Waals surface area contributed by atoms with Crippen LogP contribution in [0.15, 0.2) is 30.6 Å². The molecule has 1 aromatic carbocycles. The number of H-pyrrole nitrogens is 1. The van der Waals surface area contributed by atoms with E-state index in [1.807, 2.05) is 6.92 Å². The first-order valence-electron chi connectivity index (χ1n) is 5.78. The van der Waals surface area contributed by atoms with E-state index in [2.05, 4.69) is 20.5 Å². The van der Waals surface area contributed by atoms with Gasteiger partial charge in [0.25, 0.3) is 0 Å². The molecule has 0 aliphatic heterocycles. The second-order valence-electron chi connectivity index (χ2n) is 3.98. The van der Waals surface area contributed by atoms with Crippen LogP contribution in [-0.2, 0) is 6.18 Å². The van der Waals surface area contributed by atoms with Gasteiger partial charge in [-0.15, -0.1) is 0 Å². The first kappa shape index (κ1) is 13.5. The number of rotatable bonds is 4. The Morgan fingerprint density at radius 2 is 2.16 bits per heavy atom. The quantitative estimate of drug-likeness (QED) is 0.897. The minimum atomic E-state index is -4.35. The molecule has 0 aliphatic carbocycles. The van der Waals surface area contributed by atoms with Gasteiger partial charge in [-0.2, -0.15) is 18.3 Å². The molecule has 102 valence electrons. The Hall–Kier alpha value is -1.89. The molecular formula is C12H13F3N4. The van der Waals surface area contributed by atoms with Crippen LogP contribution in [0.4, 0.5) is 13.2 Å². The Morgan fingerprint density at radius 1 is 1.37 bits per heavy atom. The van der Waals surface area contributed by atoms with E-state index in [0.29, 0.717) is 17.9 Å². The largest absolute Gasteiger partial charge is 0.416 e. The van der Waals surface area contributed by atoms with E-state index in [4.69, 9.17) is 0 Å². The number of benzene rings is 1. The van der Waals surface area contributed by atoms with Crippen molar-refractivity contribution in [1.29, 1.82) is 0 Å². The Labute approximate surface area is 108 Å². The zero-order chi connectivity index (χ0) is 13.9. The van der Waals surface area contributed by atoms with Crippen LogP contribution in [-0.4, -0.2) is 21.7 Å². The number of halogens is 3. The summed E-state index contributed by atoms with van der Waals surface area (Å²) >= 11 is 0. The number of alkyl halides is 3. The molecule has 0 radical (unpaired) electrons. The normalized spacial score (nSPS) is 13.5. The molecule has 2 rings (SSSR count). The molecule has 1 heterocycles. The smallest absolute Gasteiger partial charge is 0.304 e. The molecule has 4 nitrogen and oxygen atoms in total. The molecule has 0 saturated carbocycles. The summed E-state index contributed by atoms with van der Waals surface area (Å²) in [6, 6.07) is 4.75. The van der Waals surface area contributed by atoms with Crippen LogP contribution in [0.25, 0.3) is 0 Å². The molecule has 0 saturated heterocycles. The summed E-state index contributed by atoms with van der Waals surface area (Å²) in [6.45, 7) is 2.47. The highest BCUT2D eigenvalue weighted by Gasteiger charge is 2.31. The predicted molar refractivity (Wildman–Crippen MR) is 63.3 cm³/mol. The van der Waals surface area contributed by atoms with Crippen LogP contribution in [0.5, 0.6) is 0 Å². The van der Waals surface area contributed by atoms with Crippen molar-refractivity contribution >= 4 is 0 Å². The molecule has 2 aromatic rings. The van der Waals surface area contributed by atoms with E-state index in [0.717, 1.165) is 12.1 Å². The maximum Gasteiger partial charge on any atom is 0.416 e. The van der Waals surface area contributed by atoms with Crippen LogP contribution >= 0.6 is 0 Å². The molecule has 7 heteroatoms. The van der Waals surface area contributed by atoms with Gasteiger partial charge in [0.05, 0.1) is 11.6 Å². The first-order chi connectivity index (χ1) is 9.02. The highest BCUT2D eigenvalue weighted by Crippen LogP contribution is 2.31. The van der Waals surface area contributed by atoms with Gasteiger partial charge in [0.2, 0.25) is 0 Å². The molecule has 0 spiro atoms. The minimum Gasteiger partial charge on any atom is -0.304 e. The Kier molecular flexibility index (Phi) is 3.84. The molecule has 0 bridgehead atoms. The molecule has 0 aliphatic rings. The van der Waals surface area contributed by atoms with Gasteiger partial charge in [-0.1, -0.05) is 19.1 Å². The molecule has 0 fully saturated rings. The lowest BCUT2D eigenvalue weighted by Gasteiger charge is -2.17. The SMILES string of the molecule is CCNC(c1cccc(C(F)(F)F)c1)c1ncn[nH]1. The molecular weight excluding hydrogens is 257 g/mol. The lowest BCUT2D eigenvalue weighted by molar-refractivity contribution is -0.137. The zero-order valence-electron chi connectivity index (χ0n) is 10.2. The summed E-state index contributed by atoms with van der Waals surface area (Å²) in [6.07, 6.45) is -3.03. The zero-order valence-corrected chi connectivity index (χ0v) is 10.2. The van der Waals surface area contributed by atoms with Crippen molar-refractivity contribution < 1.29 is 13.2 Å². The summed E-state index contributed by atoms with van der Waals surface area (Å²) in [5, 5.41) is 9.48. The third-order valence-electron chi connectivity index (χ3n) is 2.66. The van der Waals surface area contributed by atoms with E-state index < -0.39 is 17.8 Å². The van der Waals surface area contributed by atoms with E-state index in [-0.39, 0.29) is 0 Å². The molecule has 19 heavy (non-hydrogen) atoms. The Morgan fingerprint density at radius 3 is 2.74 bits per heavy atom. The average Bonchev–Trinajstić information content (AvgIpc) is 2.88. The summed E-state index contributed by atoms with van der Waals surface area (Å²) in [5.74, 6) is 0.487. The number of aromatic nitrogens is 3. The van der Waals surface area contributed by atoms with Gasteiger partial charge in [0.15, 0.2) is 0 Å². The van der Waals surface area contributed by atoms with E-state index in [1.54, 1.807) is 6.07 Å². The van der Waals surface area contributed by atoms with Crippen LogP contribution in [0.1, 0.15) is 29.9 Å². The molecule has 0 amide bonds. The summed E-state index contributed by atoms with van der Waals surface area (Å²) in [4.78, 5) is 3.99. The van der Waals surface area contributed by atoms with Gasteiger partial charge in [-0.25, -0.2) is 4.98 Å². The van der Waals surface area contributed by atoms with E-state index in [9.17, 15) is 13.2 Å². The van der Waals surface area contributed by atoms with Gasteiger partial charge >= 0.3 is 6.18 Å². The molecule has 1 unspecified atom stereocenters. The van der Waals surface area contributed by atoms with Crippen LogP contribution in [0, 0.1) is 0 Å². The van der Waals surface area contributed by atoms with Gasteiger partial charge < -0.3 is 5.32 Å². The Balaban J connectivity index is 2.37. The topological polar surface area (TPSA) is 53.6 Å². The number of nitrogens with one attached hydrogen (secondary N) is 2. The maximum atomic E-state index is 12.7. The first-order valence-corrected chi connectivity index (χ1v) is 5.78. The monoisotopic (exact) mass is 270 g/mol. The van der Waals surface area contributed by atoms with E-state index in [1.165, 1.54) is 12.4 Å². The maximum absolute atomic E-state index is 12.7. The number of nitrogens with zero attached hydrogens (tertiary/aromatic N) is 2. The predicted octanol–water partition coefficient (Wildman–Crippen LogP) is 2.52. The Bertz CT molecular complexity index is 522. The van der Waals surface area contributed by atoms with Gasteiger partial charge in [-0.05, 0) is 24.2 Å². The second kappa shape index (κ2) is 5.40. The van der Waals surface area contributed by atoms with Gasteiger partial charge in [-0.3, -0.25) is 5.10 Å². The van der Waals surface area contributed by atoms with Crippen molar-refractivity contribution in [3.05, 3.63) is 47.5 Å². The summed E-state index contributed by atoms with van der Waals surface area (Å²) in [7, 11) is 0. The van der Waals surface area contributed by atoms with Crippen molar-refractivity contribution in [2.75, 3.05) is 6.54 Å². The van der Waals surface area contributed by atoms with Crippen molar-refractivity contribution in [1.82, 2.24) is 20.5 Å². The molecule has 1 atom stereocenters. The summed E-state index contributed by atoms with van der Waals surface area (Å²) in [5.41, 5.74) is -0.180. The van der Waals surface area contributed by atoms with Crippen molar-refractivity contribution in [3.63, 3.8) is 0 Å². The highest BCUT2D eigenvalue weighted by atomic mass is 19.4. The lowest BCUT2D eigenvalue weighted by Crippen LogP contribution is -2.23. The number of aromatic amines is 1. The summed E-state index contributed by atoms with van der Waals surface area (Å²) < 4.78 is 38.1. The van der Waals surface area contributed by atoms with Crippen molar-refractivity contribution in [2.45, 2.75) is 19.1 Å². The third-order valence-corrected chi connectivity index (χ3v) is 2.66. The fourth-order valence-electron chi connectivity index (χ4n) is 1.83. The number of hydrogen-bond acceptors (Lipinski definition) is 3. The van der Waals surface area contributed by atoms with Crippen molar-refractivity contribution in [3.8, 4) is 0 Å². The molecule has 1 aromatic heterocycles.